The number of H-pyrrole nitrogens is 1. The number of fused-ring (bicyclic) bond motifs is 1. The maximum atomic E-state index is 5.38. The first-order valence-electron chi connectivity index (χ1n) is 5.87. The number of aromatic nitrogens is 2. The molecule has 6 heteroatoms. The molecule has 2 aliphatic rings. The first kappa shape index (κ1) is 11.5. The molecule has 4 nitrogen and oxygen atoms in total. The molecule has 3 heterocycles. The largest absolute Gasteiger partial charge is 0.340 e. The third kappa shape index (κ3) is 2.21. The zero-order valence-corrected chi connectivity index (χ0v) is 11.5. The number of thioether (sulfide) groups is 1. The number of anilines is 1. The summed E-state index contributed by atoms with van der Waals surface area (Å²) in [6.07, 6.45) is 0. The molecule has 1 N–H and O–H groups in total. The maximum Gasteiger partial charge on any atom is 0.204 e. The van der Waals surface area contributed by atoms with Crippen LogP contribution in [0.15, 0.2) is 0 Å². The fourth-order valence-electron chi connectivity index (χ4n) is 2.23. The number of hydrogen-bond donors (Lipinski definition) is 1. The molecule has 0 saturated carbocycles. The van der Waals surface area contributed by atoms with Gasteiger partial charge in [-0.3, -0.25) is 0 Å². The van der Waals surface area contributed by atoms with E-state index in [9.17, 15) is 0 Å². The summed E-state index contributed by atoms with van der Waals surface area (Å²) in [6.45, 7) is 4.24. The molecule has 1 aromatic rings. The molecule has 0 amide bonds. The fraction of sp³-hybridized carbons (Fsp3) is 0.636. The van der Waals surface area contributed by atoms with Gasteiger partial charge in [0.2, 0.25) is 5.95 Å². The maximum absolute atomic E-state index is 5.38. The van der Waals surface area contributed by atoms with Crippen molar-refractivity contribution in [1.29, 1.82) is 0 Å². The first-order valence-corrected chi connectivity index (χ1v) is 7.43. The average Bonchev–Trinajstić information content (AvgIpc) is 2.78. The lowest BCUT2D eigenvalue weighted by molar-refractivity contribution is 0.311. The highest BCUT2D eigenvalue weighted by molar-refractivity contribution is 7.98. The van der Waals surface area contributed by atoms with Crippen molar-refractivity contribution in [1.82, 2.24) is 14.9 Å². The lowest BCUT2D eigenvalue weighted by atomic mass is 10.3. The molecule has 0 spiro atoms. The van der Waals surface area contributed by atoms with Gasteiger partial charge in [-0.2, -0.15) is 11.8 Å². The quantitative estimate of drug-likeness (QED) is 0.783. The highest BCUT2D eigenvalue weighted by Gasteiger charge is 2.20. The van der Waals surface area contributed by atoms with Crippen LogP contribution in [0.2, 0.25) is 0 Å². The van der Waals surface area contributed by atoms with E-state index in [-0.39, 0.29) is 0 Å². The summed E-state index contributed by atoms with van der Waals surface area (Å²) in [5, 5.41) is 0. The van der Waals surface area contributed by atoms with Gasteiger partial charge in [0, 0.05) is 48.9 Å². The monoisotopic (exact) mass is 268 g/mol. The Morgan fingerprint density at radius 2 is 2.00 bits per heavy atom. The van der Waals surface area contributed by atoms with Gasteiger partial charge in [0.05, 0.1) is 0 Å². The number of aromatic amines is 1. The molecule has 0 aromatic carbocycles. The summed E-state index contributed by atoms with van der Waals surface area (Å²) in [5.41, 5.74) is 2.52. The van der Waals surface area contributed by atoms with Crippen molar-refractivity contribution in [2.45, 2.75) is 11.5 Å². The summed E-state index contributed by atoms with van der Waals surface area (Å²) in [4.78, 5) is 12.7. The zero-order valence-electron chi connectivity index (χ0n) is 9.90. The van der Waals surface area contributed by atoms with E-state index >= 15 is 0 Å². The SMILES string of the molecule is CN1CCN(c2nc(=S)c3c([nH]2)CSC3)CC1. The average molecular weight is 268 g/mol. The van der Waals surface area contributed by atoms with Crippen molar-refractivity contribution < 1.29 is 0 Å². The van der Waals surface area contributed by atoms with Crippen LogP contribution in [0.5, 0.6) is 0 Å². The normalized spacial score (nSPS) is 20.6. The molecule has 0 bridgehead atoms. The standard InChI is InChI=1S/C11H16N4S2/c1-14-2-4-15(5-3-14)11-12-9-7-17-6-8(9)10(16)13-11/h2-7H2,1H3,(H,12,13,16). The van der Waals surface area contributed by atoms with Crippen LogP contribution < -0.4 is 4.90 Å². The van der Waals surface area contributed by atoms with E-state index in [1.54, 1.807) is 0 Å². The first-order chi connectivity index (χ1) is 8.24. The lowest BCUT2D eigenvalue weighted by Gasteiger charge is -2.32. The summed E-state index contributed by atoms with van der Waals surface area (Å²) in [5.74, 6) is 3.02. The molecule has 0 atom stereocenters. The second-order valence-corrected chi connectivity index (χ2v) is 5.98. The molecule has 92 valence electrons. The minimum atomic E-state index is 0.790. The summed E-state index contributed by atoms with van der Waals surface area (Å²) in [6, 6.07) is 0. The van der Waals surface area contributed by atoms with Gasteiger partial charge in [0.15, 0.2) is 0 Å². The fourth-order valence-corrected chi connectivity index (χ4v) is 3.67. The van der Waals surface area contributed by atoms with Crippen LogP contribution in [0.25, 0.3) is 0 Å². The number of hydrogen-bond acceptors (Lipinski definition) is 5. The Hall–Kier alpha value is -0.590. The van der Waals surface area contributed by atoms with Crippen molar-refractivity contribution in [3.05, 3.63) is 15.9 Å². The van der Waals surface area contributed by atoms with Crippen LogP contribution in [0.1, 0.15) is 11.3 Å². The highest BCUT2D eigenvalue weighted by atomic mass is 32.2. The van der Waals surface area contributed by atoms with E-state index in [0.717, 1.165) is 48.3 Å². The molecular formula is C11H16N4S2. The molecule has 17 heavy (non-hydrogen) atoms. The third-order valence-electron chi connectivity index (χ3n) is 3.39. The minimum Gasteiger partial charge on any atom is -0.340 e. The Bertz CT molecular complexity index is 477. The molecule has 1 aromatic heterocycles. The Kier molecular flexibility index (Phi) is 3.10. The summed E-state index contributed by atoms with van der Waals surface area (Å²) < 4.78 is 0.790. The van der Waals surface area contributed by atoms with Gasteiger partial charge in [-0.15, -0.1) is 0 Å². The Labute approximate surface area is 110 Å². The van der Waals surface area contributed by atoms with Crippen molar-refractivity contribution in [2.24, 2.45) is 0 Å². The summed E-state index contributed by atoms with van der Waals surface area (Å²) >= 11 is 7.29. The van der Waals surface area contributed by atoms with Gasteiger partial charge in [0.1, 0.15) is 4.64 Å². The molecule has 3 rings (SSSR count). The van der Waals surface area contributed by atoms with E-state index < -0.39 is 0 Å². The van der Waals surface area contributed by atoms with E-state index in [2.05, 4.69) is 26.8 Å². The van der Waals surface area contributed by atoms with Crippen LogP contribution in [-0.4, -0.2) is 48.1 Å². The van der Waals surface area contributed by atoms with Crippen molar-refractivity contribution in [2.75, 3.05) is 38.1 Å². The molecule has 1 saturated heterocycles. The lowest BCUT2D eigenvalue weighted by Crippen LogP contribution is -2.45. The molecule has 1 fully saturated rings. The van der Waals surface area contributed by atoms with Gasteiger partial charge in [0.25, 0.3) is 0 Å². The van der Waals surface area contributed by atoms with Gasteiger partial charge < -0.3 is 14.8 Å². The van der Waals surface area contributed by atoms with Crippen LogP contribution in [-0.2, 0) is 11.5 Å². The zero-order chi connectivity index (χ0) is 11.8. The number of nitrogens with zero attached hydrogens (tertiary/aromatic N) is 3. The molecule has 0 radical (unpaired) electrons. The molecular weight excluding hydrogens is 252 g/mol. The number of nitrogens with one attached hydrogen (secondary N) is 1. The van der Waals surface area contributed by atoms with Crippen LogP contribution >= 0.6 is 24.0 Å². The van der Waals surface area contributed by atoms with Crippen molar-refractivity contribution in [3.8, 4) is 0 Å². The third-order valence-corrected chi connectivity index (χ3v) is 4.71. The number of likely N-dealkylation sites (N-methyl/N-ethyl adjacent to an activating group) is 1. The van der Waals surface area contributed by atoms with E-state index in [4.69, 9.17) is 12.2 Å². The smallest absolute Gasteiger partial charge is 0.204 e. The van der Waals surface area contributed by atoms with Crippen molar-refractivity contribution in [3.63, 3.8) is 0 Å². The van der Waals surface area contributed by atoms with Crippen LogP contribution in [0.3, 0.4) is 0 Å². The van der Waals surface area contributed by atoms with Crippen LogP contribution in [0.4, 0.5) is 5.95 Å². The van der Waals surface area contributed by atoms with Gasteiger partial charge in [-0.05, 0) is 7.05 Å². The Morgan fingerprint density at radius 1 is 1.24 bits per heavy atom. The second-order valence-electron chi connectivity index (χ2n) is 4.61. The van der Waals surface area contributed by atoms with E-state index in [1.165, 1.54) is 11.3 Å². The Balaban J connectivity index is 1.89. The second kappa shape index (κ2) is 4.59. The minimum absolute atomic E-state index is 0.790. The van der Waals surface area contributed by atoms with E-state index in [0.29, 0.717) is 0 Å². The molecule has 0 aliphatic carbocycles. The van der Waals surface area contributed by atoms with Crippen molar-refractivity contribution >= 4 is 29.9 Å². The van der Waals surface area contributed by atoms with Gasteiger partial charge >= 0.3 is 0 Å². The van der Waals surface area contributed by atoms with Gasteiger partial charge in [-0.1, -0.05) is 12.2 Å². The number of rotatable bonds is 1. The molecule has 2 aliphatic heterocycles. The molecule has 0 unspecified atom stereocenters. The van der Waals surface area contributed by atoms with Gasteiger partial charge in [-0.25, -0.2) is 4.98 Å². The predicted octanol–water partition coefficient (Wildman–Crippen LogP) is 1.64. The van der Waals surface area contributed by atoms with Crippen LogP contribution in [0, 0.1) is 4.64 Å². The number of piperazine rings is 1. The summed E-state index contributed by atoms with van der Waals surface area (Å²) in [7, 11) is 2.16. The predicted molar refractivity (Wildman–Crippen MR) is 74.1 cm³/mol. The van der Waals surface area contributed by atoms with E-state index in [1.807, 2.05) is 11.8 Å². The Morgan fingerprint density at radius 3 is 2.76 bits per heavy atom. The topological polar surface area (TPSA) is 35.2 Å². The highest BCUT2D eigenvalue weighted by Crippen LogP contribution is 2.29.